The molecular formula is C12H10BrNO2. The van der Waals surface area contributed by atoms with Crippen LogP contribution in [0, 0.1) is 6.92 Å². The van der Waals surface area contributed by atoms with Gasteiger partial charge in [0.25, 0.3) is 11.8 Å². The van der Waals surface area contributed by atoms with Gasteiger partial charge in [-0.25, -0.2) is 4.90 Å². The Morgan fingerprint density at radius 1 is 1.19 bits per heavy atom. The van der Waals surface area contributed by atoms with Crippen molar-refractivity contribution < 1.29 is 9.59 Å². The summed E-state index contributed by atoms with van der Waals surface area (Å²) >= 11 is 3.38. The summed E-state index contributed by atoms with van der Waals surface area (Å²) in [6.07, 6.45) is 1.36. The summed E-state index contributed by atoms with van der Waals surface area (Å²) in [6.45, 7) is 3.56. The van der Waals surface area contributed by atoms with E-state index in [-0.39, 0.29) is 11.8 Å². The number of carbonyl (C=O) groups is 2. The van der Waals surface area contributed by atoms with E-state index in [2.05, 4.69) is 15.9 Å². The number of aryl methyl sites for hydroxylation is 1. The van der Waals surface area contributed by atoms with Gasteiger partial charge in [-0.2, -0.15) is 0 Å². The number of benzene rings is 1. The van der Waals surface area contributed by atoms with E-state index >= 15 is 0 Å². The average molecular weight is 280 g/mol. The summed E-state index contributed by atoms with van der Waals surface area (Å²) in [6, 6.07) is 5.39. The number of halogens is 1. The Bertz CT molecular complexity index is 520. The van der Waals surface area contributed by atoms with Crippen molar-refractivity contribution in [1.29, 1.82) is 0 Å². The SMILES string of the molecule is CC1=CC(=O)N(c2ccc(Br)c(C)c2)C1=O. The van der Waals surface area contributed by atoms with Crippen molar-refractivity contribution in [3.05, 3.63) is 39.9 Å². The number of rotatable bonds is 1. The molecule has 82 valence electrons. The van der Waals surface area contributed by atoms with Crippen molar-refractivity contribution in [2.45, 2.75) is 13.8 Å². The maximum Gasteiger partial charge on any atom is 0.261 e. The molecule has 1 aliphatic heterocycles. The van der Waals surface area contributed by atoms with E-state index in [1.165, 1.54) is 11.0 Å². The zero-order valence-electron chi connectivity index (χ0n) is 8.95. The van der Waals surface area contributed by atoms with Crippen LogP contribution >= 0.6 is 15.9 Å². The molecule has 2 amide bonds. The van der Waals surface area contributed by atoms with Crippen LogP contribution in [-0.4, -0.2) is 11.8 Å². The van der Waals surface area contributed by atoms with Gasteiger partial charge in [-0.15, -0.1) is 0 Å². The first kappa shape index (κ1) is 11.1. The zero-order chi connectivity index (χ0) is 11.9. The van der Waals surface area contributed by atoms with Crippen LogP contribution in [0.1, 0.15) is 12.5 Å². The van der Waals surface area contributed by atoms with Crippen LogP contribution < -0.4 is 4.90 Å². The number of carbonyl (C=O) groups excluding carboxylic acids is 2. The largest absolute Gasteiger partial charge is 0.269 e. The van der Waals surface area contributed by atoms with E-state index in [4.69, 9.17) is 0 Å². The van der Waals surface area contributed by atoms with Gasteiger partial charge in [0, 0.05) is 16.1 Å². The maximum atomic E-state index is 11.7. The van der Waals surface area contributed by atoms with Crippen LogP contribution in [0.3, 0.4) is 0 Å². The minimum absolute atomic E-state index is 0.244. The highest BCUT2D eigenvalue weighted by atomic mass is 79.9. The molecule has 0 atom stereocenters. The highest BCUT2D eigenvalue weighted by molar-refractivity contribution is 9.10. The molecule has 2 rings (SSSR count). The molecule has 0 radical (unpaired) electrons. The van der Waals surface area contributed by atoms with Gasteiger partial charge in [-0.05, 0) is 37.6 Å². The van der Waals surface area contributed by atoms with Gasteiger partial charge in [-0.1, -0.05) is 15.9 Å². The zero-order valence-corrected chi connectivity index (χ0v) is 10.5. The van der Waals surface area contributed by atoms with Crippen molar-refractivity contribution in [3.8, 4) is 0 Å². The summed E-state index contributed by atoms with van der Waals surface area (Å²) in [5, 5.41) is 0. The number of anilines is 1. The van der Waals surface area contributed by atoms with Crippen LogP contribution in [0.25, 0.3) is 0 Å². The molecule has 1 heterocycles. The number of imide groups is 1. The Hall–Kier alpha value is -1.42. The molecule has 0 aliphatic carbocycles. The number of hydrogen-bond acceptors (Lipinski definition) is 2. The lowest BCUT2D eigenvalue weighted by Gasteiger charge is -2.15. The maximum absolute atomic E-state index is 11.7. The monoisotopic (exact) mass is 279 g/mol. The van der Waals surface area contributed by atoms with E-state index in [9.17, 15) is 9.59 Å². The van der Waals surface area contributed by atoms with Crippen LogP contribution in [0.4, 0.5) is 5.69 Å². The lowest BCUT2D eigenvalue weighted by atomic mass is 10.2. The van der Waals surface area contributed by atoms with Gasteiger partial charge >= 0.3 is 0 Å². The molecule has 4 heteroatoms. The topological polar surface area (TPSA) is 37.4 Å². The Morgan fingerprint density at radius 3 is 2.38 bits per heavy atom. The quantitative estimate of drug-likeness (QED) is 0.741. The normalized spacial score (nSPS) is 15.7. The summed E-state index contributed by atoms with van der Waals surface area (Å²) in [7, 11) is 0. The third-order valence-corrected chi connectivity index (χ3v) is 3.39. The smallest absolute Gasteiger partial charge is 0.261 e. The molecule has 0 aromatic heterocycles. The summed E-state index contributed by atoms with van der Waals surface area (Å²) in [4.78, 5) is 24.5. The number of hydrogen-bond donors (Lipinski definition) is 0. The van der Waals surface area contributed by atoms with Crippen molar-refractivity contribution in [2.24, 2.45) is 0 Å². The Morgan fingerprint density at radius 2 is 1.88 bits per heavy atom. The Labute approximate surface area is 102 Å². The second-order valence-electron chi connectivity index (χ2n) is 3.74. The predicted octanol–water partition coefficient (Wildman–Crippen LogP) is 2.58. The molecule has 16 heavy (non-hydrogen) atoms. The second kappa shape index (κ2) is 3.87. The number of amides is 2. The molecule has 0 fully saturated rings. The second-order valence-corrected chi connectivity index (χ2v) is 4.59. The van der Waals surface area contributed by atoms with Gasteiger partial charge < -0.3 is 0 Å². The lowest BCUT2D eigenvalue weighted by Crippen LogP contribution is -2.30. The molecule has 0 bridgehead atoms. The number of nitrogens with zero attached hydrogens (tertiary/aromatic N) is 1. The van der Waals surface area contributed by atoms with Gasteiger partial charge in [0.1, 0.15) is 0 Å². The highest BCUT2D eigenvalue weighted by Crippen LogP contribution is 2.26. The highest BCUT2D eigenvalue weighted by Gasteiger charge is 2.29. The van der Waals surface area contributed by atoms with Crippen molar-refractivity contribution in [3.63, 3.8) is 0 Å². The van der Waals surface area contributed by atoms with E-state index in [0.29, 0.717) is 11.3 Å². The molecule has 1 aliphatic rings. The summed E-state index contributed by atoms with van der Waals surface area (Å²) < 4.78 is 0.958. The minimum atomic E-state index is -0.274. The lowest BCUT2D eigenvalue weighted by molar-refractivity contribution is -0.120. The van der Waals surface area contributed by atoms with Crippen LogP contribution in [-0.2, 0) is 9.59 Å². The predicted molar refractivity (Wildman–Crippen MR) is 65.1 cm³/mol. The fourth-order valence-electron chi connectivity index (χ4n) is 1.60. The molecule has 0 saturated heterocycles. The van der Waals surface area contributed by atoms with Crippen molar-refractivity contribution in [2.75, 3.05) is 4.90 Å². The fourth-order valence-corrected chi connectivity index (χ4v) is 1.85. The molecule has 1 aromatic rings. The van der Waals surface area contributed by atoms with Gasteiger partial charge in [0.2, 0.25) is 0 Å². The van der Waals surface area contributed by atoms with Crippen molar-refractivity contribution in [1.82, 2.24) is 0 Å². The molecule has 3 nitrogen and oxygen atoms in total. The standard InChI is InChI=1S/C12H10BrNO2/c1-7-5-9(3-4-10(7)13)14-11(15)6-8(2)12(14)16/h3-6H,1-2H3. The van der Waals surface area contributed by atoms with Gasteiger partial charge in [0.15, 0.2) is 0 Å². The van der Waals surface area contributed by atoms with E-state index in [1.54, 1.807) is 13.0 Å². The van der Waals surface area contributed by atoms with Gasteiger partial charge in [0.05, 0.1) is 5.69 Å². The van der Waals surface area contributed by atoms with Crippen LogP contribution in [0.5, 0.6) is 0 Å². The first-order chi connectivity index (χ1) is 7.50. The minimum Gasteiger partial charge on any atom is -0.269 e. The van der Waals surface area contributed by atoms with Gasteiger partial charge in [-0.3, -0.25) is 9.59 Å². The summed E-state index contributed by atoms with van der Waals surface area (Å²) in [5.41, 5.74) is 2.08. The van der Waals surface area contributed by atoms with Crippen LogP contribution in [0.2, 0.25) is 0 Å². The molecule has 0 saturated carbocycles. The Kier molecular flexibility index (Phi) is 2.68. The molecule has 1 aromatic carbocycles. The molecule has 0 N–H and O–H groups in total. The molecule has 0 unspecified atom stereocenters. The molecular weight excluding hydrogens is 270 g/mol. The van der Waals surface area contributed by atoms with E-state index in [0.717, 1.165) is 10.0 Å². The summed E-state index contributed by atoms with van der Waals surface area (Å²) in [5.74, 6) is -0.518. The first-order valence-electron chi connectivity index (χ1n) is 4.83. The average Bonchev–Trinajstić information content (AvgIpc) is 2.47. The third kappa shape index (κ3) is 1.69. The third-order valence-electron chi connectivity index (χ3n) is 2.50. The first-order valence-corrected chi connectivity index (χ1v) is 5.63. The van der Waals surface area contributed by atoms with Crippen LogP contribution in [0.15, 0.2) is 34.3 Å². The van der Waals surface area contributed by atoms with E-state index in [1.807, 2.05) is 19.1 Å². The Balaban J connectivity index is 2.43. The molecule has 0 spiro atoms. The fraction of sp³-hybridized carbons (Fsp3) is 0.167. The van der Waals surface area contributed by atoms with E-state index < -0.39 is 0 Å². The van der Waals surface area contributed by atoms with Crippen molar-refractivity contribution >= 4 is 33.4 Å².